The maximum Gasteiger partial charge on any atom is 0.249 e. The minimum absolute atomic E-state index is 0.0356. The molecule has 2 heterocycles. The van der Waals surface area contributed by atoms with Crippen molar-refractivity contribution in [1.82, 2.24) is 82.7 Å². The fourth-order valence-electron chi connectivity index (χ4n) is 15.2. The summed E-state index contributed by atoms with van der Waals surface area (Å²) in [5, 5.41) is 56.4. The van der Waals surface area contributed by atoms with Crippen LogP contribution in [0.5, 0.6) is 11.5 Å². The highest BCUT2D eigenvalue weighted by molar-refractivity contribution is 8.00. The SMILES string of the molecule is C=C(C)[C@@H]1NC(=O)[C@H](CCCNC(=N)N)NC(=O)CN(C)C(=O)[C@H](CCCC)N(C)C(=O)[C@H](Cc2ccccc2)N(C)C(=O)[C@H](Cc2ccccc2)NC(=O)CSC[C@@H](C(=O)NCC(N)=O)NC(=O)[C@H](CC(C)C)NC(=O)[C@H](Cc2ccc(O)cc2)NC(=O)[C@H](Cc2c[nH]c3ccccc23)NC(=O)CN(C)C(=O)[C@H](Cc2ccc(O)cc2)NC(=O)[C@H](Cc2ccccc2)N(C)C1=O. The van der Waals surface area contributed by atoms with E-state index in [9.17, 15) is 43.8 Å². The van der Waals surface area contributed by atoms with Crippen molar-refractivity contribution in [3.63, 3.8) is 0 Å². The van der Waals surface area contributed by atoms with Gasteiger partial charge in [-0.05, 0) is 108 Å². The molecule has 0 saturated carbocycles. The summed E-state index contributed by atoms with van der Waals surface area (Å²) in [6.07, 6.45) is 1.25. The van der Waals surface area contributed by atoms with Gasteiger partial charge >= 0.3 is 0 Å². The number of benzene rings is 6. The van der Waals surface area contributed by atoms with Crippen LogP contribution in [-0.4, -0.2) is 274 Å². The molecule has 0 spiro atoms. The molecule has 706 valence electrons. The average molecular weight is 1840 g/mol. The summed E-state index contributed by atoms with van der Waals surface area (Å²) in [7, 11) is 6.70. The van der Waals surface area contributed by atoms with Crippen molar-refractivity contribution in [2.45, 2.75) is 171 Å². The summed E-state index contributed by atoms with van der Waals surface area (Å²) in [5.74, 6) is -14.8. The number of hydrogen-bond acceptors (Lipinski definition) is 19. The molecule has 1 aliphatic rings. The molecule has 1 aromatic heterocycles. The summed E-state index contributed by atoms with van der Waals surface area (Å²) in [6.45, 7) is 8.74. The zero-order chi connectivity index (χ0) is 96.4. The number of thioether (sulfide) groups is 1. The lowest BCUT2D eigenvalue weighted by molar-refractivity contribution is -0.151. The molecular formula is C95H123N19O17S. The Labute approximate surface area is 772 Å². The Kier molecular flexibility index (Phi) is 39.7. The Morgan fingerprint density at radius 1 is 0.477 bits per heavy atom. The van der Waals surface area contributed by atoms with Crippen LogP contribution in [0.4, 0.5) is 0 Å². The normalized spacial score (nSPS) is 21.6. The van der Waals surface area contributed by atoms with Gasteiger partial charge in [-0.25, -0.2) is 0 Å². The largest absolute Gasteiger partial charge is 0.508 e. The number of guanidine groups is 1. The highest BCUT2D eigenvalue weighted by Gasteiger charge is 2.42. The molecule has 132 heavy (non-hydrogen) atoms. The number of nitrogens with two attached hydrogens (primary N) is 2. The van der Waals surface area contributed by atoms with Crippen LogP contribution in [0.15, 0.2) is 182 Å². The maximum atomic E-state index is 15.6. The van der Waals surface area contributed by atoms with E-state index in [0.29, 0.717) is 57.1 Å². The molecule has 0 unspecified atom stereocenters. The number of unbranched alkanes of at least 4 members (excludes halogenated alkanes) is 1. The molecule has 15 amide bonds. The first-order chi connectivity index (χ1) is 62.9. The molecule has 37 heteroatoms. The second kappa shape index (κ2) is 50.7. The number of H-pyrrole nitrogens is 1. The minimum atomic E-state index is -1.62. The molecule has 8 rings (SSSR count). The number of carbonyl (C=O) groups excluding carboxylic acids is 15. The first-order valence-electron chi connectivity index (χ1n) is 43.7. The molecule has 0 aliphatic carbocycles. The number of hydrogen-bond donors (Lipinski definition) is 16. The van der Waals surface area contributed by atoms with Crippen molar-refractivity contribution < 1.29 is 82.1 Å². The van der Waals surface area contributed by atoms with Gasteiger partial charge in [0.25, 0.3) is 0 Å². The van der Waals surface area contributed by atoms with Gasteiger partial charge in [-0.3, -0.25) is 77.3 Å². The number of aromatic hydroxyl groups is 2. The van der Waals surface area contributed by atoms with Gasteiger partial charge in [0.2, 0.25) is 88.6 Å². The number of fused-ring (bicyclic) bond motifs is 1. The van der Waals surface area contributed by atoms with Gasteiger partial charge in [0.05, 0.1) is 25.4 Å². The van der Waals surface area contributed by atoms with Crippen LogP contribution >= 0.6 is 11.8 Å². The fraction of sp³-hybridized carbons (Fsp3) is 0.411. The van der Waals surface area contributed by atoms with Gasteiger partial charge in [-0.15, -0.1) is 11.8 Å². The van der Waals surface area contributed by atoms with Gasteiger partial charge < -0.3 is 104 Å². The van der Waals surface area contributed by atoms with E-state index in [1.807, 2.05) is 6.92 Å². The molecular weight excluding hydrogens is 1710 g/mol. The van der Waals surface area contributed by atoms with Crippen molar-refractivity contribution in [3.05, 3.63) is 216 Å². The van der Waals surface area contributed by atoms with Gasteiger partial charge in [0, 0.05) is 103 Å². The molecule has 1 saturated heterocycles. The van der Waals surface area contributed by atoms with E-state index in [1.165, 1.54) is 100 Å². The van der Waals surface area contributed by atoms with E-state index in [4.69, 9.17) is 16.9 Å². The maximum absolute atomic E-state index is 15.6. The molecule has 0 bridgehead atoms. The van der Waals surface area contributed by atoms with Crippen LogP contribution in [0.3, 0.4) is 0 Å². The monoisotopic (exact) mass is 1830 g/mol. The molecule has 11 atom stereocenters. The number of phenols is 2. The standard InChI is InChI=1S/C95H123N19O17S/c1-11-12-34-76-92(129)111(7)54-80(118)102-69(33-24-43-99-95(97)98)85(122)109-83(58(4)5)94(131)113(9)77(48-60-27-18-14-19-28-60)89(126)107-73(47-63-37-41-66(116)42-38-63)90(127)110(6)53-81(119)103-72(50-64-51-100-68-32-23-22-31-67(64)68)88(125)106-71(45-62-35-39-65(115)40-36-62)87(124)105-70(44-57(2)3)86(123)108-75(84(121)101-52-79(96)117)55-132-56-82(120)104-74(46-59-25-16-13-17-26-59)91(128)114(10)78(93(130)112(76)8)49-61-29-20-15-21-30-61/h13-23,25-32,35-42,51,57,69-78,83,100,115-116H,4,11-12,24,33-34,43-50,52-56H2,1-3,5-10H3,(H2,96,117)(H,101,121)(H,102,118)(H,103,119)(H,104,120)(H,105,124)(H,106,125)(H,107,126)(H,108,123)(H,109,122)(H4,97,98,99)/t69-,70-,71-,72-,73-,74-,75-,76-,77-,78-,83-/m0/s1. The fourth-order valence-corrected chi connectivity index (χ4v) is 16.1. The number of phenolic OH excluding ortho intramolecular Hbond substituents is 2. The third-order valence-corrected chi connectivity index (χ3v) is 23.5. The lowest BCUT2D eigenvalue weighted by Gasteiger charge is -2.37. The quantitative estimate of drug-likeness (QED) is 0.0168. The second-order valence-corrected chi connectivity index (χ2v) is 34.5. The number of nitrogens with one attached hydrogen (secondary N) is 12. The predicted molar refractivity (Wildman–Crippen MR) is 499 cm³/mol. The zero-order valence-electron chi connectivity index (χ0n) is 75.8. The third kappa shape index (κ3) is 31.6. The average Bonchev–Trinajstić information content (AvgIpc) is 0.895. The van der Waals surface area contributed by atoms with Crippen LogP contribution in [0, 0.1) is 11.3 Å². The predicted octanol–water partition coefficient (Wildman–Crippen LogP) is 2.04. The second-order valence-electron chi connectivity index (χ2n) is 33.5. The molecule has 1 aliphatic heterocycles. The number of amides is 15. The van der Waals surface area contributed by atoms with E-state index < -0.39 is 186 Å². The van der Waals surface area contributed by atoms with Crippen molar-refractivity contribution in [2.24, 2.45) is 17.4 Å². The summed E-state index contributed by atoms with van der Waals surface area (Å²) in [4.78, 5) is 232. The van der Waals surface area contributed by atoms with Crippen LogP contribution in [0.2, 0.25) is 0 Å². The molecule has 18 N–H and O–H groups in total. The van der Waals surface area contributed by atoms with Gasteiger partial charge in [0.1, 0.15) is 78.0 Å². The van der Waals surface area contributed by atoms with Crippen LogP contribution in [0.1, 0.15) is 99.6 Å². The number of nitrogens with zero attached hydrogens (tertiary/aromatic N) is 5. The van der Waals surface area contributed by atoms with Gasteiger partial charge in [-0.2, -0.15) is 0 Å². The number of rotatable bonds is 25. The molecule has 1 fully saturated rings. The summed E-state index contributed by atoms with van der Waals surface area (Å²) >= 11 is 0.840. The molecule has 6 aromatic carbocycles. The van der Waals surface area contributed by atoms with Crippen LogP contribution < -0.4 is 64.6 Å². The third-order valence-electron chi connectivity index (χ3n) is 22.5. The van der Waals surface area contributed by atoms with Crippen LogP contribution in [-0.2, 0) is 110 Å². The van der Waals surface area contributed by atoms with E-state index in [-0.39, 0.29) is 99.5 Å². The van der Waals surface area contributed by atoms with Crippen LogP contribution in [0.25, 0.3) is 10.9 Å². The number of aromatic nitrogens is 1. The number of primary amides is 1. The first kappa shape index (κ1) is 103. The van der Waals surface area contributed by atoms with Crippen molar-refractivity contribution in [1.29, 1.82) is 5.41 Å². The lowest BCUT2D eigenvalue weighted by Crippen LogP contribution is -2.60. The van der Waals surface area contributed by atoms with E-state index in [1.54, 1.807) is 135 Å². The van der Waals surface area contributed by atoms with Crippen molar-refractivity contribution >= 4 is 117 Å². The Morgan fingerprint density at radius 2 is 0.932 bits per heavy atom. The first-order valence-corrected chi connectivity index (χ1v) is 44.8. The Hall–Kier alpha value is -14.1. The summed E-state index contributed by atoms with van der Waals surface area (Å²) in [6, 6.07) is 28.1. The van der Waals surface area contributed by atoms with Crippen molar-refractivity contribution in [2.75, 3.05) is 72.9 Å². The molecule has 7 aromatic rings. The number of likely N-dealkylation sites (N-methyl/N-ethyl adjacent to an activating group) is 5. The molecule has 36 nitrogen and oxygen atoms in total. The Morgan fingerprint density at radius 3 is 1.48 bits per heavy atom. The summed E-state index contributed by atoms with van der Waals surface area (Å²) < 4.78 is 0. The minimum Gasteiger partial charge on any atom is -0.508 e. The number of carbonyl (C=O) groups is 15. The molecule has 0 radical (unpaired) electrons. The van der Waals surface area contributed by atoms with Gasteiger partial charge in [-0.1, -0.05) is 174 Å². The zero-order valence-corrected chi connectivity index (χ0v) is 76.7. The Balaban J connectivity index is 1.22. The van der Waals surface area contributed by atoms with E-state index in [0.717, 1.165) is 26.5 Å². The number of aromatic amines is 1. The van der Waals surface area contributed by atoms with Crippen molar-refractivity contribution in [3.8, 4) is 11.5 Å². The highest BCUT2D eigenvalue weighted by atomic mass is 32.2. The topological polar surface area (TPSA) is 525 Å². The lowest BCUT2D eigenvalue weighted by atomic mass is 9.99. The number of para-hydroxylation sites is 1. The van der Waals surface area contributed by atoms with E-state index >= 15 is 38.4 Å². The smallest absolute Gasteiger partial charge is 0.249 e. The highest BCUT2D eigenvalue weighted by Crippen LogP contribution is 2.25. The summed E-state index contributed by atoms with van der Waals surface area (Å²) in [5.41, 5.74) is 14.9. The van der Waals surface area contributed by atoms with E-state index in [2.05, 4.69) is 64.7 Å². The van der Waals surface area contributed by atoms with Gasteiger partial charge in [0.15, 0.2) is 5.96 Å². The Bertz CT molecular complexity index is 5180.